The summed E-state index contributed by atoms with van der Waals surface area (Å²) < 4.78 is 10.2. The van der Waals surface area contributed by atoms with Gasteiger partial charge in [-0.25, -0.2) is 4.79 Å². The van der Waals surface area contributed by atoms with Gasteiger partial charge in [-0.2, -0.15) is 0 Å². The maximum Gasteiger partial charge on any atom is 0.338 e. The van der Waals surface area contributed by atoms with Crippen LogP contribution in [0.25, 0.3) is 0 Å². The summed E-state index contributed by atoms with van der Waals surface area (Å²) in [5, 5.41) is 7.21. The van der Waals surface area contributed by atoms with Gasteiger partial charge in [0.25, 0.3) is 11.8 Å². The summed E-state index contributed by atoms with van der Waals surface area (Å²) in [6, 6.07) is 8.33. The van der Waals surface area contributed by atoms with Crippen LogP contribution in [0, 0.1) is 0 Å². The average molecular weight is 346 g/mol. The number of anilines is 1. The van der Waals surface area contributed by atoms with Gasteiger partial charge in [-0.1, -0.05) is 6.07 Å². The van der Waals surface area contributed by atoms with E-state index in [1.165, 1.54) is 23.5 Å². The first-order valence-electron chi connectivity index (χ1n) is 7.15. The van der Waals surface area contributed by atoms with Crippen molar-refractivity contribution in [1.82, 2.24) is 5.32 Å². The molecule has 0 saturated carbocycles. The van der Waals surface area contributed by atoms with Crippen LogP contribution in [0.3, 0.4) is 0 Å². The molecule has 3 rings (SSSR count). The van der Waals surface area contributed by atoms with Crippen LogP contribution in [-0.2, 0) is 20.9 Å². The van der Waals surface area contributed by atoms with Gasteiger partial charge in [0.1, 0.15) is 5.75 Å². The summed E-state index contributed by atoms with van der Waals surface area (Å²) in [7, 11) is 0. The molecule has 0 saturated heterocycles. The van der Waals surface area contributed by atoms with Crippen molar-refractivity contribution in [1.29, 1.82) is 0 Å². The number of benzene rings is 1. The van der Waals surface area contributed by atoms with Crippen LogP contribution in [0.5, 0.6) is 5.75 Å². The summed E-state index contributed by atoms with van der Waals surface area (Å²) in [4.78, 5) is 35.9. The minimum absolute atomic E-state index is 0.101. The number of esters is 1. The Morgan fingerprint density at radius 3 is 3.00 bits per heavy atom. The van der Waals surface area contributed by atoms with Crippen molar-refractivity contribution in [3.8, 4) is 5.75 Å². The van der Waals surface area contributed by atoms with Crippen molar-refractivity contribution in [2.45, 2.75) is 6.54 Å². The molecule has 124 valence electrons. The van der Waals surface area contributed by atoms with Crippen LogP contribution < -0.4 is 15.4 Å². The summed E-state index contributed by atoms with van der Waals surface area (Å²) in [5.41, 5.74) is 0.743. The molecule has 24 heavy (non-hydrogen) atoms. The van der Waals surface area contributed by atoms with Crippen molar-refractivity contribution in [2.75, 3.05) is 18.5 Å². The maximum atomic E-state index is 12.0. The van der Waals surface area contributed by atoms with E-state index in [9.17, 15) is 14.4 Å². The van der Waals surface area contributed by atoms with Crippen molar-refractivity contribution >= 4 is 34.8 Å². The molecule has 1 aliphatic rings. The molecule has 0 unspecified atom stereocenters. The molecule has 2 N–H and O–H groups in total. The molecule has 0 radical (unpaired) electrons. The van der Waals surface area contributed by atoms with E-state index in [0.717, 1.165) is 4.88 Å². The average Bonchev–Trinajstić information content (AvgIpc) is 3.11. The third kappa shape index (κ3) is 3.90. The van der Waals surface area contributed by atoms with Crippen molar-refractivity contribution < 1.29 is 23.9 Å². The van der Waals surface area contributed by atoms with E-state index >= 15 is 0 Å². The zero-order chi connectivity index (χ0) is 16.9. The highest BCUT2D eigenvalue weighted by Crippen LogP contribution is 2.28. The highest BCUT2D eigenvalue weighted by Gasteiger charge is 2.18. The third-order valence-corrected chi connectivity index (χ3v) is 4.10. The van der Waals surface area contributed by atoms with Crippen molar-refractivity contribution in [3.05, 3.63) is 46.2 Å². The van der Waals surface area contributed by atoms with E-state index in [1.807, 2.05) is 17.5 Å². The molecule has 1 aromatic heterocycles. The minimum Gasteiger partial charge on any atom is -0.482 e. The number of nitrogens with one attached hydrogen (secondary N) is 2. The number of amides is 2. The van der Waals surface area contributed by atoms with E-state index in [1.54, 1.807) is 6.07 Å². The number of carbonyl (C=O) groups is 3. The van der Waals surface area contributed by atoms with E-state index in [4.69, 9.17) is 9.47 Å². The second-order valence-electron chi connectivity index (χ2n) is 4.98. The van der Waals surface area contributed by atoms with Gasteiger partial charge in [0.2, 0.25) is 0 Å². The van der Waals surface area contributed by atoms with Crippen LogP contribution >= 0.6 is 11.3 Å². The lowest BCUT2D eigenvalue weighted by Gasteiger charge is -2.18. The molecular weight excluding hydrogens is 332 g/mol. The summed E-state index contributed by atoms with van der Waals surface area (Å²) in [6.45, 7) is -0.0596. The topological polar surface area (TPSA) is 93.7 Å². The second kappa shape index (κ2) is 7.14. The number of ether oxygens (including phenoxy) is 2. The number of carbonyl (C=O) groups excluding carboxylic acids is 3. The van der Waals surface area contributed by atoms with Gasteiger partial charge < -0.3 is 20.1 Å². The molecule has 2 heterocycles. The number of fused-ring (bicyclic) bond motifs is 1. The first-order chi connectivity index (χ1) is 11.6. The van der Waals surface area contributed by atoms with Crippen LogP contribution in [0.2, 0.25) is 0 Å². The van der Waals surface area contributed by atoms with E-state index in [2.05, 4.69) is 10.6 Å². The molecule has 0 atom stereocenters. The lowest BCUT2D eigenvalue weighted by Crippen LogP contribution is -2.28. The Morgan fingerprint density at radius 2 is 2.21 bits per heavy atom. The fraction of sp³-hybridized carbons (Fsp3) is 0.188. The predicted molar refractivity (Wildman–Crippen MR) is 87.0 cm³/mol. The summed E-state index contributed by atoms with van der Waals surface area (Å²) in [6.07, 6.45) is 0. The van der Waals surface area contributed by atoms with Gasteiger partial charge in [-0.05, 0) is 29.6 Å². The van der Waals surface area contributed by atoms with Gasteiger partial charge in [0.15, 0.2) is 13.2 Å². The first-order valence-corrected chi connectivity index (χ1v) is 8.03. The molecule has 2 amide bonds. The largest absolute Gasteiger partial charge is 0.482 e. The normalized spacial score (nSPS) is 12.6. The Balaban J connectivity index is 1.51. The molecular formula is C16H14N2O5S. The van der Waals surface area contributed by atoms with Gasteiger partial charge in [-0.15, -0.1) is 11.3 Å². The van der Waals surface area contributed by atoms with E-state index < -0.39 is 5.97 Å². The van der Waals surface area contributed by atoms with Crippen molar-refractivity contribution in [3.63, 3.8) is 0 Å². The molecule has 0 bridgehead atoms. The minimum atomic E-state index is -0.635. The number of hydrogen-bond acceptors (Lipinski definition) is 6. The van der Waals surface area contributed by atoms with Gasteiger partial charge in [0, 0.05) is 4.88 Å². The standard InChI is InChI=1S/C16H14N2O5S/c19-14(17-7-11-2-1-5-24-11)8-23-16(21)10-3-4-12-13(6-10)22-9-15(20)18-12/h1-6H,7-9H2,(H,17,19)(H,18,20). The Hall–Kier alpha value is -2.87. The van der Waals surface area contributed by atoms with Gasteiger partial charge >= 0.3 is 5.97 Å². The Bertz CT molecular complexity index is 773. The fourth-order valence-electron chi connectivity index (χ4n) is 2.07. The van der Waals surface area contributed by atoms with E-state index in [-0.39, 0.29) is 30.6 Å². The molecule has 0 aliphatic carbocycles. The van der Waals surface area contributed by atoms with Crippen LogP contribution in [0.1, 0.15) is 15.2 Å². The first kappa shape index (κ1) is 16.0. The molecule has 0 spiro atoms. The summed E-state index contributed by atoms with van der Waals surface area (Å²) in [5.74, 6) is -0.866. The van der Waals surface area contributed by atoms with Crippen LogP contribution in [0.15, 0.2) is 35.7 Å². The monoisotopic (exact) mass is 346 g/mol. The van der Waals surface area contributed by atoms with Gasteiger partial charge in [-0.3, -0.25) is 9.59 Å². The number of rotatable bonds is 5. The molecule has 8 heteroatoms. The molecule has 7 nitrogen and oxygen atoms in total. The number of hydrogen-bond donors (Lipinski definition) is 2. The fourth-order valence-corrected chi connectivity index (χ4v) is 2.71. The third-order valence-electron chi connectivity index (χ3n) is 3.22. The zero-order valence-corrected chi connectivity index (χ0v) is 13.4. The van der Waals surface area contributed by atoms with Gasteiger partial charge in [0.05, 0.1) is 17.8 Å². The Kier molecular flexibility index (Phi) is 4.76. The highest BCUT2D eigenvalue weighted by molar-refractivity contribution is 7.09. The smallest absolute Gasteiger partial charge is 0.338 e. The molecule has 2 aromatic rings. The SMILES string of the molecule is O=C(COC(=O)c1ccc2c(c1)OCC(=O)N2)NCc1cccs1. The van der Waals surface area contributed by atoms with Crippen LogP contribution in [-0.4, -0.2) is 31.0 Å². The lowest BCUT2D eigenvalue weighted by molar-refractivity contribution is -0.124. The molecule has 0 fully saturated rings. The maximum absolute atomic E-state index is 12.0. The van der Waals surface area contributed by atoms with Crippen LogP contribution in [0.4, 0.5) is 5.69 Å². The Labute approximate surface area is 141 Å². The lowest BCUT2D eigenvalue weighted by atomic mass is 10.1. The van der Waals surface area contributed by atoms with Crippen molar-refractivity contribution in [2.24, 2.45) is 0 Å². The zero-order valence-electron chi connectivity index (χ0n) is 12.5. The van der Waals surface area contributed by atoms with E-state index in [0.29, 0.717) is 18.0 Å². The summed E-state index contributed by atoms with van der Waals surface area (Å²) >= 11 is 1.53. The number of thiophene rings is 1. The Morgan fingerprint density at radius 1 is 1.33 bits per heavy atom. The highest BCUT2D eigenvalue weighted by atomic mass is 32.1. The quantitative estimate of drug-likeness (QED) is 0.801. The molecule has 1 aliphatic heterocycles. The predicted octanol–water partition coefficient (Wildman–Crippen LogP) is 1.55. The second-order valence-corrected chi connectivity index (χ2v) is 6.01. The molecule has 1 aromatic carbocycles.